The molecular weight excluding hydrogens is 427 g/mol. The molecule has 0 amide bonds. The van der Waals surface area contributed by atoms with Crippen LogP contribution in [0.2, 0.25) is 0 Å². The van der Waals surface area contributed by atoms with Gasteiger partial charge in [0.15, 0.2) is 0 Å². The lowest BCUT2D eigenvalue weighted by Gasteiger charge is -2.25. The zero-order valence-corrected chi connectivity index (χ0v) is 21.4. The van der Waals surface area contributed by atoms with Gasteiger partial charge in [-0.1, -0.05) is 108 Å². The molecule has 1 aliphatic rings. The maximum absolute atomic E-state index is 6.28. The molecule has 1 fully saturated rings. The molecule has 2 aromatic carbocycles. The van der Waals surface area contributed by atoms with E-state index in [4.69, 9.17) is 13.6 Å². The molecule has 1 unspecified atom stereocenters. The van der Waals surface area contributed by atoms with E-state index in [1.165, 1.54) is 82.6 Å². The predicted octanol–water partition coefficient (Wildman–Crippen LogP) is 9.79. The van der Waals surface area contributed by atoms with Gasteiger partial charge >= 0.3 is 8.60 Å². The Morgan fingerprint density at radius 2 is 1.24 bits per heavy atom. The van der Waals surface area contributed by atoms with Crippen molar-refractivity contribution in [3.63, 3.8) is 0 Å². The number of benzene rings is 2. The third-order valence-electron chi connectivity index (χ3n) is 6.38. The Bertz CT molecular complexity index is 728. The summed E-state index contributed by atoms with van der Waals surface area (Å²) in [5.41, 5.74) is 1.38. The monoisotopic (exact) mass is 470 g/mol. The summed E-state index contributed by atoms with van der Waals surface area (Å²) in [7, 11) is -1.47. The zero-order valence-electron chi connectivity index (χ0n) is 20.6. The highest BCUT2D eigenvalue weighted by Crippen LogP contribution is 2.44. The van der Waals surface area contributed by atoms with Crippen molar-refractivity contribution in [3.05, 3.63) is 60.2 Å². The number of hydrogen-bond acceptors (Lipinski definition) is 3. The van der Waals surface area contributed by atoms with Gasteiger partial charge in [-0.25, -0.2) is 0 Å². The van der Waals surface area contributed by atoms with Crippen LogP contribution >= 0.6 is 8.60 Å². The van der Waals surface area contributed by atoms with Crippen LogP contribution in [-0.2, 0) is 10.9 Å². The Balaban J connectivity index is 1.41. The summed E-state index contributed by atoms with van der Waals surface area (Å²) in [5, 5.41) is 0. The highest BCUT2D eigenvalue weighted by molar-refractivity contribution is 7.42. The highest BCUT2D eigenvalue weighted by Gasteiger charge is 2.24. The molecule has 3 nitrogen and oxygen atoms in total. The average molecular weight is 471 g/mol. The number of hydrogen-bond donors (Lipinski definition) is 0. The van der Waals surface area contributed by atoms with Gasteiger partial charge in [0.2, 0.25) is 0 Å². The van der Waals surface area contributed by atoms with Gasteiger partial charge < -0.3 is 9.05 Å². The molecule has 0 bridgehead atoms. The van der Waals surface area contributed by atoms with Crippen molar-refractivity contribution in [2.45, 2.75) is 109 Å². The SMILES string of the molecule is CCCCCCCCCCCc1ccc(OP(Oc2ccccc2)OC2CCCCC2)cc1. The predicted molar refractivity (Wildman–Crippen MR) is 140 cm³/mol. The molecule has 0 aliphatic heterocycles. The van der Waals surface area contributed by atoms with Crippen molar-refractivity contribution in [2.24, 2.45) is 0 Å². The highest BCUT2D eigenvalue weighted by atomic mass is 31.2. The molecule has 1 atom stereocenters. The lowest BCUT2D eigenvalue weighted by atomic mass is 9.98. The van der Waals surface area contributed by atoms with Gasteiger partial charge in [-0.15, -0.1) is 0 Å². The maximum atomic E-state index is 6.28. The first-order chi connectivity index (χ1) is 16.3. The molecule has 0 heterocycles. The Hall–Kier alpha value is -1.57. The van der Waals surface area contributed by atoms with Gasteiger partial charge in [-0.2, -0.15) is 0 Å². The zero-order chi connectivity index (χ0) is 23.0. The minimum atomic E-state index is -1.47. The fraction of sp³-hybridized carbons (Fsp3) is 0.586. The summed E-state index contributed by atoms with van der Waals surface area (Å²) in [4.78, 5) is 0. The summed E-state index contributed by atoms with van der Waals surface area (Å²) in [6.45, 7) is 2.28. The Morgan fingerprint density at radius 3 is 1.88 bits per heavy atom. The number of para-hydroxylation sites is 1. The molecule has 0 saturated heterocycles. The van der Waals surface area contributed by atoms with E-state index in [2.05, 4.69) is 31.2 Å². The molecule has 1 saturated carbocycles. The second-order valence-electron chi connectivity index (χ2n) is 9.31. The normalized spacial score (nSPS) is 15.3. The van der Waals surface area contributed by atoms with Crippen LogP contribution in [0.15, 0.2) is 54.6 Å². The Morgan fingerprint density at radius 1 is 0.667 bits per heavy atom. The standard InChI is InChI=1S/C29H43O3P/c1-2-3-4-5-6-7-8-9-12-17-26-22-24-29(25-23-26)32-33(30-27-18-13-10-14-19-27)31-28-20-15-11-16-21-28/h10,13-14,18-19,22-25,28H,2-9,11-12,15-17,20-21H2,1H3. The first kappa shape index (κ1) is 26.0. The molecule has 33 heavy (non-hydrogen) atoms. The number of rotatable bonds is 16. The van der Waals surface area contributed by atoms with Gasteiger partial charge in [0.05, 0.1) is 6.10 Å². The minimum absolute atomic E-state index is 0.236. The van der Waals surface area contributed by atoms with Crippen LogP contribution < -0.4 is 9.05 Å². The summed E-state index contributed by atoms with van der Waals surface area (Å²) >= 11 is 0. The fourth-order valence-electron chi connectivity index (χ4n) is 4.36. The third kappa shape index (κ3) is 10.9. The largest absolute Gasteiger partial charge is 0.463 e. The number of aryl methyl sites for hydroxylation is 1. The van der Waals surface area contributed by atoms with E-state index >= 15 is 0 Å². The lowest BCUT2D eigenvalue weighted by molar-refractivity contribution is 0.138. The third-order valence-corrected chi connectivity index (χ3v) is 7.57. The number of unbranched alkanes of at least 4 members (excludes halogenated alkanes) is 8. The van der Waals surface area contributed by atoms with Crippen LogP contribution in [0.1, 0.15) is 102 Å². The minimum Gasteiger partial charge on any atom is -0.418 e. The van der Waals surface area contributed by atoms with E-state index in [0.717, 1.165) is 30.8 Å². The van der Waals surface area contributed by atoms with Crippen LogP contribution in [0, 0.1) is 0 Å². The Kier molecular flexibility index (Phi) is 12.7. The van der Waals surface area contributed by atoms with E-state index in [1.54, 1.807) is 0 Å². The van der Waals surface area contributed by atoms with Gasteiger partial charge in [0.1, 0.15) is 11.5 Å². The first-order valence-corrected chi connectivity index (χ1v) is 14.4. The first-order valence-electron chi connectivity index (χ1n) is 13.3. The van der Waals surface area contributed by atoms with Crippen molar-refractivity contribution in [1.82, 2.24) is 0 Å². The average Bonchev–Trinajstić information content (AvgIpc) is 2.85. The lowest BCUT2D eigenvalue weighted by Crippen LogP contribution is -2.16. The van der Waals surface area contributed by atoms with E-state index in [1.807, 2.05) is 30.3 Å². The van der Waals surface area contributed by atoms with Gasteiger partial charge in [0.25, 0.3) is 0 Å². The van der Waals surface area contributed by atoms with Crippen molar-refractivity contribution in [3.8, 4) is 11.5 Å². The van der Waals surface area contributed by atoms with Crippen LogP contribution in [0.25, 0.3) is 0 Å². The van der Waals surface area contributed by atoms with Gasteiger partial charge in [0, 0.05) is 0 Å². The molecule has 1 aliphatic carbocycles. The summed E-state index contributed by atoms with van der Waals surface area (Å²) < 4.78 is 18.6. The second kappa shape index (κ2) is 16.1. The summed E-state index contributed by atoms with van der Waals surface area (Å²) in [6.07, 6.45) is 19.6. The van der Waals surface area contributed by atoms with E-state index in [0.29, 0.717) is 0 Å². The van der Waals surface area contributed by atoms with E-state index < -0.39 is 8.60 Å². The van der Waals surface area contributed by atoms with Crippen molar-refractivity contribution >= 4 is 8.60 Å². The fourth-order valence-corrected chi connectivity index (χ4v) is 5.53. The molecule has 3 rings (SSSR count). The molecule has 0 spiro atoms. The molecular formula is C29H43O3P. The smallest absolute Gasteiger partial charge is 0.418 e. The topological polar surface area (TPSA) is 27.7 Å². The summed E-state index contributed by atoms with van der Waals surface area (Å²) in [6, 6.07) is 18.4. The van der Waals surface area contributed by atoms with E-state index in [9.17, 15) is 0 Å². The van der Waals surface area contributed by atoms with Crippen LogP contribution in [0.4, 0.5) is 0 Å². The second-order valence-corrected chi connectivity index (χ2v) is 10.3. The van der Waals surface area contributed by atoms with Crippen LogP contribution in [0.5, 0.6) is 11.5 Å². The van der Waals surface area contributed by atoms with Crippen molar-refractivity contribution in [2.75, 3.05) is 0 Å². The quantitative estimate of drug-likeness (QED) is 0.180. The molecule has 182 valence electrons. The van der Waals surface area contributed by atoms with Crippen LogP contribution in [-0.4, -0.2) is 6.10 Å². The molecule has 0 radical (unpaired) electrons. The van der Waals surface area contributed by atoms with Gasteiger partial charge in [-0.05, 0) is 55.5 Å². The molecule has 0 N–H and O–H groups in total. The van der Waals surface area contributed by atoms with Crippen LogP contribution in [0.3, 0.4) is 0 Å². The maximum Gasteiger partial charge on any atom is 0.463 e. The summed E-state index contributed by atoms with van der Waals surface area (Å²) in [5.74, 6) is 1.62. The van der Waals surface area contributed by atoms with Crippen molar-refractivity contribution in [1.29, 1.82) is 0 Å². The van der Waals surface area contributed by atoms with Crippen molar-refractivity contribution < 1.29 is 13.6 Å². The van der Waals surface area contributed by atoms with E-state index in [-0.39, 0.29) is 6.10 Å². The van der Waals surface area contributed by atoms with Gasteiger partial charge in [-0.3, -0.25) is 4.52 Å². The molecule has 2 aromatic rings. The molecule has 0 aromatic heterocycles. The molecule has 4 heteroatoms. The Labute approximate surface area is 203 Å².